The summed E-state index contributed by atoms with van der Waals surface area (Å²) in [6.07, 6.45) is 1.08. The highest BCUT2D eigenvalue weighted by atomic mass is 35.5. The lowest BCUT2D eigenvalue weighted by Gasteiger charge is -2.19. The van der Waals surface area contributed by atoms with Crippen LogP contribution in [0, 0.1) is 0 Å². The molecule has 2 N–H and O–H groups in total. The van der Waals surface area contributed by atoms with Crippen LogP contribution in [0.15, 0.2) is 60.9 Å². The molecule has 3 aromatic rings. The van der Waals surface area contributed by atoms with Crippen molar-refractivity contribution in [1.29, 1.82) is 0 Å². The summed E-state index contributed by atoms with van der Waals surface area (Å²) < 4.78 is 5.24. The van der Waals surface area contributed by atoms with Crippen molar-refractivity contribution >= 4 is 29.2 Å². The molecule has 29 heavy (non-hydrogen) atoms. The molecule has 0 bridgehead atoms. The minimum atomic E-state index is -0.516. The van der Waals surface area contributed by atoms with E-state index in [1.807, 2.05) is 75.4 Å². The first-order chi connectivity index (χ1) is 13.8. The number of halogens is 1. The SMILES string of the molecule is CC(C)(C)OC(=O)NCc1ccc(-c2cc(Nc3cccc(Cl)c3)ncn2)cc1. The summed E-state index contributed by atoms with van der Waals surface area (Å²) in [6.45, 7) is 5.89. The van der Waals surface area contributed by atoms with E-state index in [1.165, 1.54) is 6.33 Å². The van der Waals surface area contributed by atoms with Gasteiger partial charge in [0.15, 0.2) is 0 Å². The number of ether oxygens (including phenoxy) is 1. The molecule has 0 aliphatic heterocycles. The molecule has 0 saturated heterocycles. The molecule has 1 heterocycles. The van der Waals surface area contributed by atoms with Gasteiger partial charge >= 0.3 is 6.09 Å². The number of alkyl carbamates (subject to hydrolysis) is 1. The monoisotopic (exact) mass is 410 g/mol. The third-order valence-corrected chi connectivity index (χ3v) is 4.08. The lowest BCUT2D eigenvalue weighted by atomic mass is 10.1. The fourth-order valence-electron chi connectivity index (χ4n) is 2.58. The summed E-state index contributed by atoms with van der Waals surface area (Å²) in [4.78, 5) is 20.4. The zero-order valence-electron chi connectivity index (χ0n) is 16.6. The van der Waals surface area contributed by atoms with Crippen molar-refractivity contribution in [2.45, 2.75) is 32.9 Å². The number of aromatic nitrogens is 2. The Hall–Kier alpha value is -3.12. The second kappa shape index (κ2) is 8.92. The summed E-state index contributed by atoms with van der Waals surface area (Å²) in [7, 11) is 0. The lowest BCUT2D eigenvalue weighted by Crippen LogP contribution is -2.32. The molecule has 7 heteroatoms. The van der Waals surface area contributed by atoms with Crippen LogP contribution in [0.4, 0.5) is 16.3 Å². The summed E-state index contributed by atoms with van der Waals surface area (Å²) in [5.74, 6) is 0.674. The van der Waals surface area contributed by atoms with Crippen LogP contribution >= 0.6 is 11.6 Å². The van der Waals surface area contributed by atoms with Gasteiger partial charge in [-0.25, -0.2) is 14.8 Å². The Labute approximate surface area is 175 Å². The Morgan fingerprint density at radius 1 is 1.07 bits per heavy atom. The smallest absolute Gasteiger partial charge is 0.407 e. The summed E-state index contributed by atoms with van der Waals surface area (Å²) >= 11 is 6.02. The topological polar surface area (TPSA) is 76.1 Å². The number of hydrogen-bond donors (Lipinski definition) is 2. The van der Waals surface area contributed by atoms with Crippen LogP contribution in [-0.4, -0.2) is 21.7 Å². The molecule has 6 nitrogen and oxygen atoms in total. The van der Waals surface area contributed by atoms with E-state index < -0.39 is 11.7 Å². The van der Waals surface area contributed by atoms with Gasteiger partial charge in [-0.3, -0.25) is 0 Å². The first-order valence-electron chi connectivity index (χ1n) is 9.19. The van der Waals surface area contributed by atoms with Crippen molar-refractivity contribution in [1.82, 2.24) is 15.3 Å². The molecule has 1 aromatic heterocycles. The first kappa shape index (κ1) is 20.6. The van der Waals surface area contributed by atoms with E-state index in [-0.39, 0.29) is 0 Å². The van der Waals surface area contributed by atoms with Crippen LogP contribution < -0.4 is 10.6 Å². The lowest BCUT2D eigenvalue weighted by molar-refractivity contribution is 0.0523. The maximum Gasteiger partial charge on any atom is 0.407 e. The van der Waals surface area contributed by atoms with E-state index >= 15 is 0 Å². The standard InChI is InChI=1S/C22H23ClN4O2/c1-22(2,3)29-21(28)24-13-15-7-9-16(10-8-15)19-12-20(26-14-25-19)27-18-6-4-5-17(23)11-18/h4-12,14H,13H2,1-3H3,(H,24,28)(H,25,26,27). The van der Waals surface area contributed by atoms with Crippen molar-refractivity contribution in [3.63, 3.8) is 0 Å². The van der Waals surface area contributed by atoms with E-state index in [4.69, 9.17) is 16.3 Å². The van der Waals surface area contributed by atoms with E-state index in [1.54, 1.807) is 0 Å². The molecule has 3 rings (SSSR count). The number of hydrogen-bond acceptors (Lipinski definition) is 5. The largest absolute Gasteiger partial charge is 0.444 e. The maximum atomic E-state index is 11.8. The zero-order valence-corrected chi connectivity index (χ0v) is 17.3. The zero-order chi connectivity index (χ0) is 20.9. The fraction of sp³-hybridized carbons (Fsp3) is 0.227. The second-order valence-electron chi connectivity index (χ2n) is 7.48. The number of benzene rings is 2. The predicted octanol–water partition coefficient (Wildman–Crippen LogP) is 5.57. The first-order valence-corrected chi connectivity index (χ1v) is 9.57. The van der Waals surface area contributed by atoms with Crippen molar-refractivity contribution in [2.75, 3.05) is 5.32 Å². The van der Waals surface area contributed by atoms with Crippen LogP contribution in [0.1, 0.15) is 26.3 Å². The predicted molar refractivity (Wildman–Crippen MR) is 115 cm³/mol. The molecule has 150 valence electrons. The van der Waals surface area contributed by atoms with Crippen LogP contribution in [-0.2, 0) is 11.3 Å². The third kappa shape index (κ3) is 6.47. The Morgan fingerprint density at radius 2 is 1.83 bits per heavy atom. The van der Waals surface area contributed by atoms with Gasteiger partial charge in [0.05, 0.1) is 5.69 Å². The molecule has 0 saturated carbocycles. The van der Waals surface area contributed by atoms with Gasteiger partial charge in [-0.2, -0.15) is 0 Å². The minimum absolute atomic E-state index is 0.389. The van der Waals surface area contributed by atoms with Gasteiger partial charge in [-0.15, -0.1) is 0 Å². The highest BCUT2D eigenvalue weighted by Gasteiger charge is 2.15. The summed E-state index contributed by atoms with van der Waals surface area (Å²) in [5, 5.41) is 6.62. The summed E-state index contributed by atoms with van der Waals surface area (Å²) in [6, 6.07) is 17.1. The van der Waals surface area contributed by atoms with Gasteiger partial charge in [0, 0.05) is 28.9 Å². The number of nitrogens with zero attached hydrogens (tertiary/aromatic N) is 2. The molecule has 1 amide bonds. The molecule has 0 atom stereocenters. The normalized spacial score (nSPS) is 11.0. The minimum Gasteiger partial charge on any atom is -0.444 e. The number of carbonyl (C=O) groups excluding carboxylic acids is 1. The van der Waals surface area contributed by atoms with Crippen LogP contribution in [0.3, 0.4) is 0 Å². The summed E-state index contributed by atoms with van der Waals surface area (Å²) in [5.41, 5.74) is 3.04. The average Bonchev–Trinajstić information content (AvgIpc) is 2.66. The number of nitrogens with one attached hydrogen (secondary N) is 2. The Morgan fingerprint density at radius 3 is 2.52 bits per heavy atom. The van der Waals surface area contributed by atoms with Gasteiger partial charge in [0.2, 0.25) is 0 Å². The van der Waals surface area contributed by atoms with Crippen LogP contribution in [0.2, 0.25) is 5.02 Å². The number of anilines is 2. The van der Waals surface area contributed by atoms with E-state index in [0.29, 0.717) is 17.4 Å². The third-order valence-electron chi connectivity index (χ3n) is 3.85. The molecular formula is C22H23ClN4O2. The molecule has 0 aliphatic carbocycles. The van der Waals surface area contributed by atoms with Crippen molar-refractivity contribution in [3.05, 3.63) is 71.5 Å². The Balaban J connectivity index is 1.64. The quantitative estimate of drug-likeness (QED) is 0.575. The average molecular weight is 411 g/mol. The molecule has 0 aliphatic rings. The van der Waals surface area contributed by atoms with Crippen molar-refractivity contribution in [3.8, 4) is 11.3 Å². The number of carbonyl (C=O) groups is 1. The van der Waals surface area contributed by atoms with Gasteiger partial charge in [0.25, 0.3) is 0 Å². The Bertz CT molecular complexity index is 985. The second-order valence-corrected chi connectivity index (χ2v) is 7.91. The fourth-order valence-corrected chi connectivity index (χ4v) is 2.77. The molecule has 0 radical (unpaired) electrons. The molecule has 0 spiro atoms. The number of rotatable bonds is 5. The van der Waals surface area contributed by atoms with Gasteiger partial charge in [-0.05, 0) is 44.5 Å². The van der Waals surface area contributed by atoms with E-state index in [0.717, 1.165) is 22.5 Å². The van der Waals surface area contributed by atoms with Crippen molar-refractivity contribution < 1.29 is 9.53 Å². The number of amides is 1. The molecule has 2 aromatic carbocycles. The van der Waals surface area contributed by atoms with E-state index in [9.17, 15) is 4.79 Å². The van der Waals surface area contributed by atoms with E-state index in [2.05, 4.69) is 20.6 Å². The highest BCUT2D eigenvalue weighted by molar-refractivity contribution is 6.30. The molecular weight excluding hydrogens is 388 g/mol. The molecule has 0 unspecified atom stereocenters. The molecule has 0 fully saturated rings. The highest BCUT2D eigenvalue weighted by Crippen LogP contribution is 2.23. The van der Waals surface area contributed by atoms with Crippen molar-refractivity contribution in [2.24, 2.45) is 0 Å². The van der Waals surface area contributed by atoms with Gasteiger partial charge < -0.3 is 15.4 Å². The Kier molecular flexibility index (Phi) is 6.34. The maximum absolute atomic E-state index is 11.8. The van der Waals surface area contributed by atoms with Crippen LogP contribution in [0.25, 0.3) is 11.3 Å². The van der Waals surface area contributed by atoms with Gasteiger partial charge in [0.1, 0.15) is 17.7 Å². The van der Waals surface area contributed by atoms with Crippen LogP contribution in [0.5, 0.6) is 0 Å². The van der Waals surface area contributed by atoms with Gasteiger partial charge in [-0.1, -0.05) is 41.9 Å².